The van der Waals surface area contributed by atoms with E-state index >= 15 is 0 Å². The largest absolute Gasteiger partial charge is 0.494 e. The summed E-state index contributed by atoms with van der Waals surface area (Å²) in [6, 6.07) is 25.0. The molecule has 2 heterocycles. The lowest BCUT2D eigenvalue weighted by atomic mass is 9.87. The van der Waals surface area contributed by atoms with Gasteiger partial charge in [-0.05, 0) is 47.7 Å². The number of aryl methyl sites for hydroxylation is 1. The maximum atomic E-state index is 6.00. The number of anilines is 1. The zero-order valence-electron chi connectivity index (χ0n) is 20.4. The molecule has 0 aliphatic heterocycles. The summed E-state index contributed by atoms with van der Waals surface area (Å²) < 4.78 is 9.42. The number of hydrogen-bond donors (Lipinski definition) is 1. The molecule has 5 aromatic rings. The van der Waals surface area contributed by atoms with Crippen LogP contribution in [0.15, 0.2) is 84.1 Å². The molecule has 0 aliphatic carbocycles. The van der Waals surface area contributed by atoms with Crippen molar-refractivity contribution < 1.29 is 4.74 Å². The molecule has 0 aliphatic rings. The first kappa shape index (κ1) is 23.1. The minimum absolute atomic E-state index is 0.152. The molecule has 0 unspecified atom stereocenters. The van der Waals surface area contributed by atoms with Crippen LogP contribution in [0.3, 0.4) is 0 Å². The van der Waals surface area contributed by atoms with Crippen molar-refractivity contribution in [3.63, 3.8) is 0 Å². The number of rotatable bonds is 8. The summed E-state index contributed by atoms with van der Waals surface area (Å²) >= 11 is 1.60. The number of fused-ring (bicyclic) bond motifs is 2. The fraction of sp³-hybridized carbons (Fsp3) is 0.241. The third-order valence-corrected chi connectivity index (χ3v) is 6.95. The van der Waals surface area contributed by atoms with Crippen LogP contribution in [0.2, 0.25) is 0 Å². The van der Waals surface area contributed by atoms with Crippen LogP contribution in [0, 0.1) is 0 Å². The van der Waals surface area contributed by atoms with Crippen molar-refractivity contribution in [2.75, 3.05) is 12.0 Å². The molecule has 2 aromatic heterocycles. The SMILES string of the molecule is CC(C)(C)c1ccc(OCCCn2cc(/C=N/Nc3nc4ccccc4s3)c3ccccc32)cc1. The summed E-state index contributed by atoms with van der Waals surface area (Å²) in [6.45, 7) is 8.21. The summed E-state index contributed by atoms with van der Waals surface area (Å²) in [4.78, 5) is 4.58. The van der Waals surface area contributed by atoms with E-state index in [1.165, 1.54) is 16.5 Å². The smallest absolute Gasteiger partial charge is 0.204 e. The van der Waals surface area contributed by atoms with Gasteiger partial charge in [0.05, 0.1) is 23.0 Å². The average molecular weight is 483 g/mol. The Labute approximate surface area is 210 Å². The Hall–Kier alpha value is -3.64. The lowest BCUT2D eigenvalue weighted by Crippen LogP contribution is -2.10. The molecule has 0 bridgehead atoms. The summed E-state index contributed by atoms with van der Waals surface area (Å²) in [5.74, 6) is 0.920. The summed E-state index contributed by atoms with van der Waals surface area (Å²) in [5, 5.41) is 6.44. The second-order valence-corrected chi connectivity index (χ2v) is 10.7. The van der Waals surface area contributed by atoms with Gasteiger partial charge in [-0.15, -0.1) is 0 Å². The van der Waals surface area contributed by atoms with Crippen LogP contribution in [-0.2, 0) is 12.0 Å². The third kappa shape index (κ3) is 5.38. The van der Waals surface area contributed by atoms with E-state index in [2.05, 4.69) is 102 Å². The van der Waals surface area contributed by atoms with Crippen molar-refractivity contribution in [3.8, 4) is 5.75 Å². The van der Waals surface area contributed by atoms with Gasteiger partial charge < -0.3 is 9.30 Å². The predicted octanol–water partition coefficient (Wildman–Crippen LogP) is 7.46. The van der Waals surface area contributed by atoms with Gasteiger partial charge in [-0.1, -0.05) is 74.6 Å². The number of para-hydroxylation sites is 2. The molecular formula is C29H30N4OS. The predicted molar refractivity (Wildman–Crippen MR) is 148 cm³/mol. The van der Waals surface area contributed by atoms with Crippen molar-refractivity contribution in [2.24, 2.45) is 5.10 Å². The van der Waals surface area contributed by atoms with Gasteiger partial charge >= 0.3 is 0 Å². The van der Waals surface area contributed by atoms with Crippen LogP contribution in [-0.4, -0.2) is 22.4 Å². The molecule has 0 saturated carbocycles. The molecule has 5 rings (SSSR count). The van der Waals surface area contributed by atoms with Gasteiger partial charge in [0.2, 0.25) is 5.13 Å². The van der Waals surface area contributed by atoms with Crippen molar-refractivity contribution in [1.29, 1.82) is 0 Å². The van der Waals surface area contributed by atoms with Crippen molar-refractivity contribution in [2.45, 2.75) is 39.2 Å². The van der Waals surface area contributed by atoms with Crippen LogP contribution in [0.1, 0.15) is 38.3 Å². The molecule has 0 atom stereocenters. The Morgan fingerprint density at radius 1 is 1.00 bits per heavy atom. The maximum Gasteiger partial charge on any atom is 0.204 e. The average Bonchev–Trinajstić information content (AvgIpc) is 3.43. The molecule has 35 heavy (non-hydrogen) atoms. The quantitative estimate of drug-likeness (QED) is 0.142. The van der Waals surface area contributed by atoms with Crippen molar-refractivity contribution in [3.05, 3.63) is 90.1 Å². The molecule has 0 amide bonds. The first-order chi connectivity index (χ1) is 17.0. The van der Waals surface area contributed by atoms with E-state index in [1.807, 2.05) is 24.4 Å². The number of nitrogens with one attached hydrogen (secondary N) is 1. The van der Waals surface area contributed by atoms with Gasteiger partial charge in [-0.2, -0.15) is 5.10 Å². The zero-order chi connectivity index (χ0) is 24.3. The summed E-state index contributed by atoms with van der Waals surface area (Å²) in [5.41, 5.74) is 7.81. The number of hydrazone groups is 1. The van der Waals surface area contributed by atoms with Crippen LogP contribution in [0.25, 0.3) is 21.1 Å². The molecule has 0 spiro atoms. The molecule has 1 N–H and O–H groups in total. The van der Waals surface area contributed by atoms with Gasteiger partial charge in [0, 0.05) is 29.2 Å². The fourth-order valence-corrected chi connectivity index (χ4v) is 4.93. The van der Waals surface area contributed by atoms with E-state index in [9.17, 15) is 0 Å². The van der Waals surface area contributed by atoms with Crippen LogP contribution in [0.4, 0.5) is 5.13 Å². The van der Waals surface area contributed by atoms with E-state index in [0.29, 0.717) is 6.61 Å². The molecule has 5 nitrogen and oxygen atoms in total. The molecule has 178 valence electrons. The van der Waals surface area contributed by atoms with Crippen LogP contribution in [0.5, 0.6) is 5.75 Å². The van der Waals surface area contributed by atoms with E-state index in [1.54, 1.807) is 11.3 Å². The highest BCUT2D eigenvalue weighted by Gasteiger charge is 2.13. The summed E-state index contributed by atoms with van der Waals surface area (Å²) in [7, 11) is 0. The third-order valence-electron chi connectivity index (χ3n) is 6.01. The normalized spacial score (nSPS) is 12.1. The van der Waals surface area contributed by atoms with Gasteiger partial charge in [0.15, 0.2) is 0 Å². The van der Waals surface area contributed by atoms with E-state index in [-0.39, 0.29) is 5.41 Å². The van der Waals surface area contributed by atoms with Gasteiger partial charge in [-0.25, -0.2) is 4.98 Å². The first-order valence-electron chi connectivity index (χ1n) is 11.9. The topological polar surface area (TPSA) is 51.4 Å². The molecule has 0 fully saturated rings. The van der Waals surface area contributed by atoms with Crippen molar-refractivity contribution >= 4 is 43.8 Å². The van der Waals surface area contributed by atoms with Gasteiger partial charge in [0.25, 0.3) is 0 Å². The number of aromatic nitrogens is 2. The Kier molecular flexibility index (Phi) is 6.55. The van der Waals surface area contributed by atoms with E-state index in [4.69, 9.17) is 4.74 Å². The Balaban J connectivity index is 1.22. The highest BCUT2D eigenvalue weighted by molar-refractivity contribution is 7.22. The summed E-state index contributed by atoms with van der Waals surface area (Å²) in [6.07, 6.45) is 4.95. The van der Waals surface area contributed by atoms with E-state index in [0.717, 1.165) is 39.6 Å². The zero-order valence-corrected chi connectivity index (χ0v) is 21.2. The minimum atomic E-state index is 0.152. The second-order valence-electron chi connectivity index (χ2n) is 9.63. The first-order valence-corrected chi connectivity index (χ1v) is 12.7. The Morgan fingerprint density at radius 3 is 2.57 bits per heavy atom. The lowest BCUT2D eigenvalue weighted by molar-refractivity contribution is 0.302. The molecule has 3 aromatic carbocycles. The molecule has 0 radical (unpaired) electrons. The standard InChI is InChI=1S/C29H30N4OS/c1-29(2,3)22-13-15-23(16-14-22)34-18-8-17-33-20-21(24-9-4-6-11-26(24)33)19-30-32-28-31-25-10-5-7-12-27(25)35-28/h4-7,9-16,19-20H,8,17-18H2,1-3H3,(H,31,32)/b30-19+. The highest BCUT2D eigenvalue weighted by Crippen LogP contribution is 2.26. The number of benzene rings is 3. The molecular weight excluding hydrogens is 452 g/mol. The van der Waals surface area contributed by atoms with E-state index < -0.39 is 0 Å². The Bertz CT molecular complexity index is 1420. The second kappa shape index (κ2) is 9.92. The van der Waals surface area contributed by atoms with Crippen molar-refractivity contribution in [1.82, 2.24) is 9.55 Å². The molecule has 6 heteroatoms. The molecule has 0 saturated heterocycles. The van der Waals surface area contributed by atoms with Gasteiger partial charge in [0.1, 0.15) is 5.75 Å². The number of hydrogen-bond acceptors (Lipinski definition) is 5. The number of ether oxygens (including phenoxy) is 1. The lowest BCUT2D eigenvalue weighted by Gasteiger charge is -2.19. The van der Waals surface area contributed by atoms with Crippen LogP contribution >= 0.6 is 11.3 Å². The minimum Gasteiger partial charge on any atom is -0.494 e. The maximum absolute atomic E-state index is 6.00. The number of nitrogens with zero attached hydrogens (tertiary/aromatic N) is 3. The van der Waals surface area contributed by atoms with Crippen LogP contribution < -0.4 is 10.2 Å². The highest BCUT2D eigenvalue weighted by atomic mass is 32.1. The fourth-order valence-electron chi connectivity index (χ4n) is 4.12. The Morgan fingerprint density at radius 2 is 1.77 bits per heavy atom. The monoisotopic (exact) mass is 482 g/mol. The number of thiazole rings is 1. The van der Waals surface area contributed by atoms with Gasteiger partial charge in [-0.3, -0.25) is 5.43 Å².